The zero-order chi connectivity index (χ0) is 23.0. The van der Waals surface area contributed by atoms with Gasteiger partial charge in [-0.1, -0.05) is 38.0 Å². The highest BCUT2D eigenvalue weighted by atomic mass is 16.2. The van der Waals surface area contributed by atoms with E-state index in [1.54, 1.807) is 24.3 Å². The smallest absolute Gasteiger partial charge is 0.273 e. The summed E-state index contributed by atoms with van der Waals surface area (Å²) < 4.78 is 1.38. The highest BCUT2D eigenvalue weighted by molar-refractivity contribution is 6.05. The molecule has 33 heavy (non-hydrogen) atoms. The van der Waals surface area contributed by atoms with Crippen molar-refractivity contribution in [2.24, 2.45) is 23.2 Å². The third-order valence-electron chi connectivity index (χ3n) is 8.07. The Balaban J connectivity index is 1.28. The molecule has 4 aliphatic rings. The van der Waals surface area contributed by atoms with Gasteiger partial charge in [-0.15, -0.1) is 0 Å². The first kappa shape index (κ1) is 22.1. The molecule has 0 radical (unpaired) electrons. The first-order chi connectivity index (χ1) is 16.0. The van der Waals surface area contributed by atoms with Gasteiger partial charge in [0.05, 0.1) is 5.39 Å². The van der Waals surface area contributed by atoms with Crippen molar-refractivity contribution in [2.75, 3.05) is 0 Å². The molecule has 4 bridgehead atoms. The molecule has 0 aliphatic heterocycles. The number of aromatic nitrogens is 2. The molecule has 0 spiro atoms. The van der Waals surface area contributed by atoms with E-state index in [9.17, 15) is 14.4 Å². The molecule has 4 aliphatic carbocycles. The molecule has 7 heteroatoms. The Bertz CT molecular complexity index is 1090. The van der Waals surface area contributed by atoms with Gasteiger partial charge in [0.15, 0.2) is 5.69 Å². The number of fused-ring (bicyclic) bond motifs is 1. The van der Waals surface area contributed by atoms with Crippen molar-refractivity contribution in [3.8, 4) is 0 Å². The van der Waals surface area contributed by atoms with Crippen LogP contribution in [0.15, 0.2) is 29.1 Å². The highest BCUT2D eigenvalue weighted by Crippen LogP contribution is 2.61. The van der Waals surface area contributed by atoms with Crippen LogP contribution >= 0.6 is 0 Å². The third kappa shape index (κ3) is 4.42. The van der Waals surface area contributed by atoms with Crippen LogP contribution < -0.4 is 16.4 Å². The quantitative estimate of drug-likeness (QED) is 0.493. The molecule has 0 saturated heterocycles. The number of hydrogen-bond acceptors (Lipinski definition) is 4. The SMILES string of the molecule is CCCCCn1nc(C(=O)NNC(=O)CC23CC4CC(CC(C4)C2)C3)c2ccccc2c1=O. The van der Waals surface area contributed by atoms with Crippen molar-refractivity contribution in [3.05, 3.63) is 40.3 Å². The van der Waals surface area contributed by atoms with Crippen LogP contribution in [0, 0.1) is 23.2 Å². The van der Waals surface area contributed by atoms with E-state index in [-0.39, 0.29) is 22.6 Å². The van der Waals surface area contributed by atoms with Crippen LogP contribution in [-0.2, 0) is 11.3 Å². The number of nitrogens with zero attached hydrogens (tertiary/aromatic N) is 2. The summed E-state index contributed by atoms with van der Waals surface area (Å²) in [6, 6.07) is 7.02. The number of aryl methyl sites for hydroxylation is 1. The lowest BCUT2D eigenvalue weighted by atomic mass is 9.49. The van der Waals surface area contributed by atoms with Crippen LogP contribution in [0.1, 0.15) is 81.6 Å². The summed E-state index contributed by atoms with van der Waals surface area (Å²) in [6.07, 6.45) is 10.8. The van der Waals surface area contributed by atoms with Crippen LogP contribution in [0.4, 0.5) is 0 Å². The van der Waals surface area contributed by atoms with Crippen LogP contribution in [0.2, 0.25) is 0 Å². The van der Waals surface area contributed by atoms with Gasteiger partial charge in [-0.2, -0.15) is 5.10 Å². The summed E-state index contributed by atoms with van der Waals surface area (Å²) in [5, 5.41) is 5.34. The van der Waals surface area contributed by atoms with E-state index < -0.39 is 5.91 Å². The largest absolute Gasteiger partial charge is 0.290 e. The van der Waals surface area contributed by atoms with Crippen molar-refractivity contribution in [3.63, 3.8) is 0 Å². The predicted octanol–water partition coefficient (Wildman–Crippen LogP) is 3.95. The summed E-state index contributed by atoms with van der Waals surface area (Å²) in [5.74, 6) is 1.72. The van der Waals surface area contributed by atoms with Crippen molar-refractivity contribution >= 4 is 22.6 Å². The normalized spacial score (nSPS) is 27.6. The molecule has 6 rings (SSSR count). The van der Waals surface area contributed by atoms with Crippen molar-refractivity contribution in [1.29, 1.82) is 0 Å². The predicted molar refractivity (Wildman–Crippen MR) is 126 cm³/mol. The second-order valence-electron chi connectivity index (χ2n) is 10.7. The van der Waals surface area contributed by atoms with Gasteiger partial charge in [-0.3, -0.25) is 25.2 Å². The summed E-state index contributed by atoms with van der Waals surface area (Å²) in [4.78, 5) is 38.7. The Morgan fingerprint density at radius 3 is 2.27 bits per heavy atom. The molecule has 2 N–H and O–H groups in total. The average molecular weight is 451 g/mol. The lowest BCUT2D eigenvalue weighted by Crippen LogP contribution is -2.50. The number of amides is 2. The van der Waals surface area contributed by atoms with E-state index in [2.05, 4.69) is 22.9 Å². The molecule has 176 valence electrons. The fourth-order valence-electron chi connectivity index (χ4n) is 7.14. The van der Waals surface area contributed by atoms with Gasteiger partial charge < -0.3 is 0 Å². The van der Waals surface area contributed by atoms with Gasteiger partial charge in [0, 0.05) is 18.4 Å². The number of nitrogens with one attached hydrogen (secondary N) is 2. The average Bonchev–Trinajstić information content (AvgIpc) is 2.78. The molecule has 4 saturated carbocycles. The van der Waals surface area contributed by atoms with Gasteiger partial charge in [0.2, 0.25) is 5.91 Å². The maximum Gasteiger partial charge on any atom is 0.290 e. The maximum absolute atomic E-state index is 13.0. The molecule has 0 unspecified atom stereocenters. The van der Waals surface area contributed by atoms with Crippen molar-refractivity contribution in [1.82, 2.24) is 20.6 Å². The van der Waals surface area contributed by atoms with Crippen LogP contribution in [0.25, 0.3) is 10.8 Å². The van der Waals surface area contributed by atoms with Crippen LogP contribution in [0.5, 0.6) is 0 Å². The summed E-state index contributed by atoms with van der Waals surface area (Å²) >= 11 is 0. The monoisotopic (exact) mass is 450 g/mol. The second kappa shape index (κ2) is 8.92. The zero-order valence-corrected chi connectivity index (χ0v) is 19.4. The fourth-order valence-corrected chi connectivity index (χ4v) is 7.14. The molecule has 4 fully saturated rings. The summed E-state index contributed by atoms with van der Waals surface area (Å²) in [6.45, 7) is 2.57. The Labute approximate surface area is 194 Å². The first-order valence-electron chi connectivity index (χ1n) is 12.6. The first-order valence-corrected chi connectivity index (χ1v) is 12.6. The number of hydrazine groups is 1. The molecular formula is C26H34N4O3. The number of rotatable bonds is 7. The van der Waals surface area contributed by atoms with Gasteiger partial charge >= 0.3 is 0 Å². The van der Waals surface area contributed by atoms with Gasteiger partial charge in [-0.25, -0.2) is 4.68 Å². The standard InChI is InChI=1S/C26H34N4O3/c1-2-3-6-9-30-25(33)21-8-5-4-7-20(21)23(29-30)24(32)28-27-22(31)16-26-13-17-10-18(14-26)12-19(11-17)15-26/h4-5,7-8,17-19H,2-3,6,9-16H2,1H3,(H,27,31)(H,28,32). The van der Waals surface area contributed by atoms with Gasteiger partial charge in [0.1, 0.15) is 0 Å². The van der Waals surface area contributed by atoms with E-state index in [1.807, 2.05) is 0 Å². The Morgan fingerprint density at radius 1 is 1.00 bits per heavy atom. The molecule has 2 aromatic rings. The number of unbranched alkanes of at least 4 members (excludes halogenated alkanes) is 2. The molecule has 2 amide bonds. The molecule has 0 atom stereocenters. The van der Waals surface area contributed by atoms with E-state index in [0.717, 1.165) is 56.3 Å². The highest BCUT2D eigenvalue weighted by Gasteiger charge is 2.51. The molecule has 1 heterocycles. The summed E-state index contributed by atoms with van der Waals surface area (Å²) in [7, 11) is 0. The van der Waals surface area contributed by atoms with E-state index in [4.69, 9.17) is 0 Å². The minimum Gasteiger partial charge on any atom is -0.273 e. The molecule has 7 nitrogen and oxygen atoms in total. The maximum atomic E-state index is 13.0. The number of benzene rings is 1. The van der Waals surface area contributed by atoms with Crippen molar-refractivity contribution in [2.45, 2.75) is 77.7 Å². The van der Waals surface area contributed by atoms with Gasteiger partial charge in [0.25, 0.3) is 11.5 Å². The van der Waals surface area contributed by atoms with E-state index >= 15 is 0 Å². The van der Waals surface area contributed by atoms with Crippen molar-refractivity contribution < 1.29 is 9.59 Å². The van der Waals surface area contributed by atoms with Crippen LogP contribution in [-0.4, -0.2) is 21.6 Å². The second-order valence-corrected chi connectivity index (χ2v) is 10.7. The fraction of sp³-hybridized carbons (Fsp3) is 0.615. The Morgan fingerprint density at radius 2 is 1.64 bits per heavy atom. The number of hydrogen-bond donors (Lipinski definition) is 2. The number of carbonyl (C=O) groups excluding carboxylic acids is 2. The third-order valence-corrected chi connectivity index (χ3v) is 8.07. The van der Waals surface area contributed by atoms with E-state index in [0.29, 0.717) is 23.7 Å². The molecule has 1 aromatic heterocycles. The number of carbonyl (C=O) groups is 2. The topological polar surface area (TPSA) is 93.1 Å². The minimum absolute atomic E-state index is 0.112. The lowest BCUT2D eigenvalue weighted by molar-refractivity contribution is -0.130. The molecular weight excluding hydrogens is 416 g/mol. The summed E-state index contributed by atoms with van der Waals surface area (Å²) in [5.41, 5.74) is 5.30. The Kier molecular flexibility index (Phi) is 5.97. The Hall–Kier alpha value is -2.70. The minimum atomic E-state index is -0.491. The zero-order valence-electron chi connectivity index (χ0n) is 19.4. The molecule has 1 aromatic carbocycles. The lowest BCUT2D eigenvalue weighted by Gasteiger charge is -2.56. The van der Waals surface area contributed by atoms with E-state index in [1.165, 1.54) is 23.9 Å². The van der Waals surface area contributed by atoms with Gasteiger partial charge in [-0.05, 0) is 74.2 Å². The van der Waals surface area contributed by atoms with Crippen LogP contribution in [0.3, 0.4) is 0 Å².